The summed E-state index contributed by atoms with van der Waals surface area (Å²) in [4.78, 5) is -0.390. The fourth-order valence-corrected chi connectivity index (χ4v) is 5.02. The van der Waals surface area contributed by atoms with E-state index in [0.29, 0.717) is 19.3 Å². The van der Waals surface area contributed by atoms with Crippen LogP contribution in [0.5, 0.6) is 0 Å². The summed E-state index contributed by atoms with van der Waals surface area (Å²) in [5.74, 6) is 0.0170. The zero-order valence-electron chi connectivity index (χ0n) is 7.44. The van der Waals surface area contributed by atoms with Gasteiger partial charge in [-0.2, -0.15) is 0 Å². The maximum atomic E-state index is 11.5. The first-order valence-electron chi connectivity index (χ1n) is 4.10. The number of sulfone groups is 1. The Morgan fingerprint density at radius 2 is 1.93 bits per heavy atom. The highest BCUT2D eigenvalue weighted by atomic mass is 35.7. The average molecular weight is 259 g/mol. The second-order valence-electron chi connectivity index (χ2n) is 3.26. The molecule has 14 heavy (non-hydrogen) atoms. The largest absolute Gasteiger partial charge is 0.258 e. The van der Waals surface area contributed by atoms with Crippen molar-refractivity contribution in [3.05, 3.63) is 11.5 Å². The van der Waals surface area contributed by atoms with Crippen LogP contribution < -0.4 is 0 Å². The summed E-state index contributed by atoms with van der Waals surface area (Å²) in [6.07, 6.45) is 1.57. The molecular weight excluding hydrogens is 248 g/mol. The Hall–Kier alpha value is -0.0700. The van der Waals surface area contributed by atoms with Gasteiger partial charge in [0.05, 0.1) is 15.9 Å². The van der Waals surface area contributed by atoms with E-state index < -0.39 is 24.1 Å². The Kier molecular flexibility index (Phi) is 3.28. The van der Waals surface area contributed by atoms with Crippen molar-refractivity contribution in [3.63, 3.8) is 0 Å². The molecule has 0 aromatic rings. The lowest BCUT2D eigenvalue weighted by Gasteiger charge is -2.22. The molecule has 0 aromatic heterocycles. The Bertz CT molecular complexity index is 434. The quantitative estimate of drug-likeness (QED) is 0.694. The molecule has 7 heteroatoms. The highest BCUT2D eigenvalue weighted by Crippen LogP contribution is 2.28. The second-order valence-corrected chi connectivity index (χ2v) is 8.18. The Labute approximate surface area is 88.3 Å². The van der Waals surface area contributed by atoms with Crippen LogP contribution in [0.1, 0.15) is 19.3 Å². The van der Waals surface area contributed by atoms with Gasteiger partial charge in [0, 0.05) is 10.7 Å². The molecule has 1 heterocycles. The second kappa shape index (κ2) is 3.83. The molecule has 4 nitrogen and oxygen atoms in total. The molecule has 1 aliphatic heterocycles. The van der Waals surface area contributed by atoms with Crippen LogP contribution in [0, 0.1) is 0 Å². The molecule has 0 N–H and O–H groups in total. The van der Waals surface area contributed by atoms with Crippen molar-refractivity contribution in [2.75, 3.05) is 5.75 Å². The topological polar surface area (TPSA) is 68.3 Å². The van der Waals surface area contributed by atoms with Gasteiger partial charge in [0.15, 0.2) is 9.84 Å². The van der Waals surface area contributed by atoms with E-state index in [1.165, 1.54) is 0 Å². The molecule has 0 amide bonds. The summed E-state index contributed by atoms with van der Waals surface area (Å²) in [7, 11) is -2.29. The third-order valence-corrected chi connectivity index (χ3v) is 6.15. The van der Waals surface area contributed by atoms with Gasteiger partial charge in [-0.1, -0.05) is 13.0 Å². The van der Waals surface area contributed by atoms with Crippen LogP contribution in [-0.4, -0.2) is 27.8 Å². The fraction of sp³-hybridized carbons (Fsp3) is 0.714. The lowest BCUT2D eigenvalue weighted by atomic mass is 10.2. The van der Waals surface area contributed by atoms with Crippen molar-refractivity contribution in [2.45, 2.75) is 24.5 Å². The molecule has 0 saturated carbocycles. The minimum atomic E-state index is -3.97. The van der Waals surface area contributed by atoms with E-state index in [4.69, 9.17) is 10.7 Å². The molecule has 1 atom stereocenters. The SMILES string of the molecule is C=C(C1CCCCS1(=O)=O)S(=O)(=O)Cl. The van der Waals surface area contributed by atoms with Crippen molar-refractivity contribution >= 4 is 29.6 Å². The molecule has 0 aromatic carbocycles. The molecule has 1 aliphatic rings. The monoisotopic (exact) mass is 258 g/mol. The maximum Gasteiger partial charge on any atom is 0.258 e. The summed E-state index contributed by atoms with van der Waals surface area (Å²) in [6.45, 7) is 3.25. The molecule has 0 bridgehead atoms. The molecule has 1 unspecified atom stereocenters. The molecule has 1 saturated heterocycles. The third-order valence-electron chi connectivity index (χ3n) is 2.25. The Balaban J connectivity index is 3.04. The van der Waals surface area contributed by atoms with E-state index in [2.05, 4.69) is 6.58 Å². The normalized spacial score (nSPS) is 27.1. The van der Waals surface area contributed by atoms with E-state index >= 15 is 0 Å². The standard InChI is InChI=1S/C7H11ClO4S2/c1-6(14(8,11)12)7-4-2-3-5-13(7,9)10/h7H,1-5H2. The van der Waals surface area contributed by atoms with Gasteiger partial charge in [-0.15, -0.1) is 0 Å². The van der Waals surface area contributed by atoms with Crippen LogP contribution in [0.4, 0.5) is 0 Å². The van der Waals surface area contributed by atoms with Gasteiger partial charge in [-0.3, -0.25) is 0 Å². The first kappa shape index (κ1) is 12.0. The summed E-state index contributed by atoms with van der Waals surface area (Å²) >= 11 is 0. The summed E-state index contributed by atoms with van der Waals surface area (Å²) < 4.78 is 44.8. The van der Waals surface area contributed by atoms with Crippen molar-refractivity contribution < 1.29 is 16.8 Å². The molecule has 82 valence electrons. The van der Waals surface area contributed by atoms with Crippen LogP contribution in [0.15, 0.2) is 11.5 Å². The lowest BCUT2D eigenvalue weighted by molar-refractivity contribution is 0.554. The summed E-state index contributed by atoms with van der Waals surface area (Å²) in [5.41, 5.74) is 0. The number of halogens is 1. The van der Waals surface area contributed by atoms with Gasteiger partial charge in [-0.25, -0.2) is 16.8 Å². The van der Waals surface area contributed by atoms with Crippen molar-refractivity contribution in [1.82, 2.24) is 0 Å². The number of rotatable bonds is 2. The molecule has 0 aliphatic carbocycles. The first-order chi connectivity index (χ1) is 6.25. The van der Waals surface area contributed by atoms with Crippen molar-refractivity contribution in [2.24, 2.45) is 0 Å². The first-order valence-corrected chi connectivity index (χ1v) is 8.12. The van der Waals surface area contributed by atoms with Crippen LogP contribution in [0.2, 0.25) is 0 Å². The third kappa shape index (κ3) is 2.49. The average Bonchev–Trinajstić information content (AvgIpc) is 2.00. The fourth-order valence-electron chi connectivity index (χ4n) is 1.47. The predicted molar refractivity (Wildman–Crippen MR) is 55.3 cm³/mol. The molecule has 0 spiro atoms. The van der Waals surface area contributed by atoms with E-state index in [0.717, 1.165) is 0 Å². The van der Waals surface area contributed by atoms with Crippen LogP contribution in [0.25, 0.3) is 0 Å². The van der Waals surface area contributed by atoms with E-state index in [-0.39, 0.29) is 10.7 Å². The molecule has 0 radical (unpaired) electrons. The van der Waals surface area contributed by atoms with E-state index in [1.807, 2.05) is 0 Å². The smallest absolute Gasteiger partial charge is 0.228 e. The maximum absolute atomic E-state index is 11.5. The number of hydrogen-bond donors (Lipinski definition) is 0. The highest BCUT2D eigenvalue weighted by molar-refractivity contribution is 8.17. The minimum absolute atomic E-state index is 0.0170. The van der Waals surface area contributed by atoms with Gasteiger partial charge in [-0.05, 0) is 12.8 Å². The van der Waals surface area contributed by atoms with Crippen molar-refractivity contribution in [3.8, 4) is 0 Å². The van der Waals surface area contributed by atoms with Crippen LogP contribution in [0.3, 0.4) is 0 Å². The summed E-state index contributed by atoms with van der Waals surface area (Å²) in [6, 6.07) is 0. The van der Waals surface area contributed by atoms with Crippen molar-refractivity contribution in [1.29, 1.82) is 0 Å². The zero-order valence-corrected chi connectivity index (χ0v) is 9.83. The summed E-state index contributed by atoms with van der Waals surface area (Å²) in [5, 5.41) is -1.02. The lowest BCUT2D eigenvalue weighted by Crippen LogP contribution is -2.31. The van der Waals surface area contributed by atoms with Gasteiger partial charge in [0.2, 0.25) is 0 Å². The van der Waals surface area contributed by atoms with Gasteiger partial charge in [0.1, 0.15) is 0 Å². The zero-order chi connectivity index (χ0) is 11.0. The van der Waals surface area contributed by atoms with Gasteiger partial charge >= 0.3 is 0 Å². The Morgan fingerprint density at radius 1 is 1.36 bits per heavy atom. The highest BCUT2D eigenvalue weighted by Gasteiger charge is 2.35. The van der Waals surface area contributed by atoms with Gasteiger partial charge < -0.3 is 0 Å². The molecule has 1 fully saturated rings. The van der Waals surface area contributed by atoms with Gasteiger partial charge in [0.25, 0.3) is 9.05 Å². The van der Waals surface area contributed by atoms with E-state index in [9.17, 15) is 16.8 Å². The van der Waals surface area contributed by atoms with E-state index in [1.54, 1.807) is 0 Å². The molecular formula is C7H11ClO4S2. The molecule has 1 rings (SSSR count). The van der Waals surface area contributed by atoms with Crippen LogP contribution >= 0.6 is 10.7 Å². The predicted octanol–water partition coefficient (Wildman–Crippen LogP) is 1.04. The minimum Gasteiger partial charge on any atom is -0.228 e. The van der Waals surface area contributed by atoms with Crippen LogP contribution in [-0.2, 0) is 18.9 Å². The number of hydrogen-bond acceptors (Lipinski definition) is 4. The Morgan fingerprint density at radius 3 is 2.36 bits per heavy atom.